The summed E-state index contributed by atoms with van der Waals surface area (Å²) in [5.41, 5.74) is 3.07. The maximum absolute atomic E-state index is 3.63. The van der Waals surface area contributed by atoms with Crippen molar-refractivity contribution in [2.75, 3.05) is 7.05 Å². The molecule has 1 aliphatic carbocycles. The molecule has 2 aliphatic rings. The van der Waals surface area contributed by atoms with Crippen LogP contribution in [0.5, 0.6) is 0 Å². The minimum absolute atomic E-state index is 0.479. The minimum atomic E-state index is 0.479. The van der Waals surface area contributed by atoms with Crippen LogP contribution in [-0.2, 0) is 0 Å². The Kier molecular flexibility index (Phi) is 4.37. The molecule has 0 spiro atoms. The molecule has 0 saturated carbocycles. The van der Waals surface area contributed by atoms with E-state index in [1.807, 2.05) is 0 Å². The number of nitrogens with zero attached hydrogens (tertiary/aromatic N) is 1. The number of hydrogen-bond acceptors (Lipinski definition) is 2. The highest BCUT2D eigenvalue weighted by Gasteiger charge is 2.42. The molecule has 116 valence electrons. The molecule has 1 saturated heterocycles. The van der Waals surface area contributed by atoms with Crippen molar-refractivity contribution in [2.45, 2.75) is 76.5 Å². The molecule has 1 aromatic carbocycles. The monoisotopic (exact) mass is 286 g/mol. The van der Waals surface area contributed by atoms with Gasteiger partial charge in [0, 0.05) is 24.2 Å². The zero-order valence-electron chi connectivity index (χ0n) is 14.0. The number of likely N-dealkylation sites (N-methyl/N-ethyl adjacent to an activating group) is 1. The molecule has 1 heterocycles. The van der Waals surface area contributed by atoms with Gasteiger partial charge in [0.2, 0.25) is 0 Å². The van der Waals surface area contributed by atoms with Gasteiger partial charge in [0.05, 0.1) is 0 Å². The Morgan fingerprint density at radius 2 is 1.86 bits per heavy atom. The van der Waals surface area contributed by atoms with Gasteiger partial charge in [-0.25, -0.2) is 0 Å². The largest absolute Gasteiger partial charge is 0.312 e. The van der Waals surface area contributed by atoms with Crippen LogP contribution >= 0.6 is 0 Å². The molecule has 0 amide bonds. The van der Waals surface area contributed by atoms with Crippen LogP contribution < -0.4 is 5.32 Å². The Morgan fingerprint density at radius 1 is 1.14 bits per heavy atom. The van der Waals surface area contributed by atoms with E-state index in [1.54, 1.807) is 5.56 Å². The summed E-state index contributed by atoms with van der Waals surface area (Å²) in [5.74, 6) is 0.668. The number of nitrogens with one attached hydrogen (secondary N) is 1. The Hall–Kier alpha value is -0.860. The van der Waals surface area contributed by atoms with E-state index in [2.05, 4.69) is 62.3 Å². The fourth-order valence-electron chi connectivity index (χ4n) is 4.82. The van der Waals surface area contributed by atoms with Crippen molar-refractivity contribution in [1.82, 2.24) is 10.2 Å². The molecule has 0 radical (unpaired) electrons. The molecule has 3 rings (SSSR count). The minimum Gasteiger partial charge on any atom is -0.312 e. The van der Waals surface area contributed by atoms with Crippen molar-refractivity contribution in [1.29, 1.82) is 0 Å². The highest BCUT2D eigenvalue weighted by Crippen LogP contribution is 2.43. The zero-order chi connectivity index (χ0) is 15.0. The van der Waals surface area contributed by atoms with Gasteiger partial charge in [-0.3, -0.25) is 4.90 Å². The highest BCUT2D eigenvalue weighted by atomic mass is 15.3. The zero-order valence-corrected chi connectivity index (χ0v) is 14.0. The third-order valence-corrected chi connectivity index (χ3v) is 5.86. The van der Waals surface area contributed by atoms with E-state index in [4.69, 9.17) is 0 Å². The Morgan fingerprint density at radius 3 is 2.52 bits per heavy atom. The predicted octanol–water partition coefficient (Wildman–Crippen LogP) is 4.09. The average Bonchev–Trinajstić information content (AvgIpc) is 2.88. The molecule has 5 unspecified atom stereocenters. The number of rotatable bonds is 3. The Bertz CT molecular complexity index is 484. The first-order valence-corrected chi connectivity index (χ1v) is 8.70. The standard InChI is InChI=1S/C19H30N2/c1-5-15-11-10-14(3)21(15)18-12-13(2)16-8-6-7-9-17(16)19(18)20-4/h6-9,13-15,18-20H,5,10-12H2,1-4H3. The molecule has 1 aliphatic heterocycles. The summed E-state index contributed by atoms with van der Waals surface area (Å²) in [6, 6.07) is 11.7. The van der Waals surface area contributed by atoms with Crippen LogP contribution in [0.1, 0.15) is 69.5 Å². The number of benzene rings is 1. The molecule has 1 N–H and O–H groups in total. The summed E-state index contributed by atoms with van der Waals surface area (Å²) in [6.45, 7) is 7.18. The van der Waals surface area contributed by atoms with Crippen LogP contribution in [0, 0.1) is 0 Å². The SMILES string of the molecule is CCC1CCC(C)N1C1CC(C)c2ccccc2C1NC. The van der Waals surface area contributed by atoms with Crippen molar-refractivity contribution in [3.05, 3.63) is 35.4 Å². The number of likely N-dealkylation sites (tertiary alicyclic amines) is 1. The fraction of sp³-hybridized carbons (Fsp3) is 0.684. The maximum Gasteiger partial charge on any atom is 0.0479 e. The molecule has 0 bridgehead atoms. The van der Waals surface area contributed by atoms with E-state index in [0.717, 1.165) is 12.1 Å². The van der Waals surface area contributed by atoms with Crippen LogP contribution in [0.4, 0.5) is 0 Å². The molecule has 1 fully saturated rings. The van der Waals surface area contributed by atoms with E-state index in [9.17, 15) is 0 Å². The van der Waals surface area contributed by atoms with Crippen molar-refractivity contribution < 1.29 is 0 Å². The van der Waals surface area contributed by atoms with Crippen LogP contribution in [0.2, 0.25) is 0 Å². The molecular weight excluding hydrogens is 256 g/mol. The second-order valence-corrected chi connectivity index (χ2v) is 7.04. The second kappa shape index (κ2) is 6.10. The normalized spacial score (nSPS) is 36.7. The van der Waals surface area contributed by atoms with E-state index in [0.29, 0.717) is 18.0 Å². The van der Waals surface area contributed by atoms with Gasteiger partial charge in [0.15, 0.2) is 0 Å². The topological polar surface area (TPSA) is 15.3 Å². The van der Waals surface area contributed by atoms with Gasteiger partial charge >= 0.3 is 0 Å². The Labute approximate surface area is 129 Å². The first-order valence-electron chi connectivity index (χ1n) is 8.70. The number of fused-ring (bicyclic) bond motifs is 1. The summed E-state index contributed by atoms with van der Waals surface area (Å²) in [5, 5.41) is 3.63. The van der Waals surface area contributed by atoms with Crippen LogP contribution in [-0.4, -0.2) is 30.1 Å². The highest BCUT2D eigenvalue weighted by molar-refractivity contribution is 5.37. The lowest BCUT2D eigenvalue weighted by atomic mass is 9.77. The number of hydrogen-bond donors (Lipinski definition) is 1. The molecule has 5 atom stereocenters. The van der Waals surface area contributed by atoms with Crippen molar-refractivity contribution in [3.63, 3.8) is 0 Å². The summed E-state index contributed by atoms with van der Waals surface area (Å²) in [4.78, 5) is 2.84. The smallest absolute Gasteiger partial charge is 0.0479 e. The van der Waals surface area contributed by atoms with E-state index in [-0.39, 0.29) is 0 Å². The van der Waals surface area contributed by atoms with Gasteiger partial charge < -0.3 is 5.32 Å². The van der Waals surface area contributed by atoms with Crippen LogP contribution in [0.15, 0.2) is 24.3 Å². The van der Waals surface area contributed by atoms with Crippen molar-refractivity contribution in [2.24, 2.45) is 0 Å². The van der Waals surface area contributed by atoms with Gasteiger partial charge in [0.1, 0.15) is 0 Å². The first-order chi connectivity index (χ1) is 10.2. The summed E-state index contributed by atoms with van der Waals surface area (Å²) < 4.78 is 0. The van der Waals surface area contributed by atoms with Gasteiger partial charge in [-0.1, -0.05) is 38.1 Å². The van der Waals surface area contributed by atoms with Gasteiger partial charge in [-0.2, -0.15) is 0 Å². The van der Waals surface area contributed by atoms with Gasteiger partial charge in [-0.15, -0.1) is 0 Å². The summed E-state index contributed by atoms with van der Waals surface area (Å²) >= 11 is 0. The van der Waals surface area contributed by atoms with E-state index >= 15 is 0 Å². The molecular formula is C19H30N2. The van der Waals surface area contributed by atoms with Crippen LogP contribution in [0.25, 0.3) is 0 Å². The van der Waals surface area contributed by atoms with Gasteiger partial charge in [0.25, 0.3) is 0 Å². The van der Waals surface area contributed by atoms with Gasteiger partial charge in [-0.05, 0) is 56.7 Å². The summed E-state index contributed by atoms with van der Waals surface area (Å²) in [6.07, 6.45) is 5.30. The molecule has 0 aromatic heterocycles. The van der Waals surface area contributed by atoms with E-state index < -0.39 is 0 Å². The predicted molar refractivity (Wildman–Crippen MR) is 89.7 cm³/mol. The molecule has 2 nitrogen and oxygen atoms in total. The lowest BCUT2D eigenvalue weighted by Gasteiger charge is -2.45. The first kappa shape index (κ1) is 15.1. The summed E-state index contributed by atoms with van der Waals surface area (Å²) in [7, 11) is 2.13. The second-order valence-electron chi connectivity index (χ2n) is 7.04. The fourth-order valence-corrected chi connectivity index (χ4v) is 4.82. The Balaban J connectivity index is 1.96. The molecule has 2 heteroatoms. The molecule has 1 aromatic rings. The molecule has 21 heavy (non-hydrogen) atoms. The maximum atomic E-state index is 3.63. The van der Waals surface area contributed by atoms with Crippen LogP contribution in [0.3, 0.4) is 0 Å². The average molecular weight is 286 g/mol. The lowest BCUT2D eigenvalue weighted by molar-refractivity contribution is 0.0872. The lowest BCUT2D eigenvalue weighted by Crippen LogP contribution is -2.51. The van der Waals surface area contributed by atoms with Crippen molar-refractivity contribution in [3.8, 4) is 0 Å². The third-order valence-electron chi connectivity index (χ3n) is 5.86. The quantitative estimate of drug-likeness (QED) is 0.900. The van der Waals surface area contributed by atoms with Crippen molar-refractivity contribution >= 4 is 0 Å². The van der Waals surface area contributed by atoms with E-state index in [1.165, 1.54) is 31.2 Å². The third kappa shape index (κ3) is 2.53.